The van der Waals surface area contributed by atoms with Gasteiger partial charge in [0.15, 0.2) is 0 Å². The van der Waals surface area contributed by atoms with E-state index in [4.69, 9.17) is 0 Å². The number of fused-ring (bicyclic) bond motifs is 1. The molecule has 2 N–H and O–H groups in total. The van der Waals surface area contributed by atoms with Gasteiger partial charge in [0.1, 0.15) is 0 Å². The van der Waals surface area contributed by atoms with Gasteiger partial charge in [-0.1, -0.05) is 12.1 Å². The van der Waals surface area contributed by atoms with E-state index in [2.05, 4.69) is 33.8 Å². The summed E-state index contributed by atoms with van der Waals surface area (Å²) in [6.45, 7) is 3.53. The third kappa shape index (κ3) is 3.96. The first kappa shape index (κ1) is 22.8. The summed E-state index contributed by atoms with van der Waals surface area (Å²) in [6, 6.07) is 11.2. The van der Waals surface area contributed by atoms with Crippen molar-refractivity contribution in [2.45, 2.75) is 51.1 Å². The van der Waals surface area contributed by atoms with Gasteiger partial charge in [0.25, 0.3) is 0 Å². The van der Waals surface area contributed by atoms with Crippen LogP contribution in [0.4, 0.5) is 14.5 Å². The van der Waals surface area contributed by atoms with Gasteiger partial charge in [-0.2, -0.15) is 0 Å². The standard InChI is InChI=1S/C27H31F2N3O2/c1-17-12-22(31(2)3)21(20-8-10-30-24(17)20)14-32-11-9-26(15-27(28,29)16-26)13-23(32)18-4-6-19(7-5-18)25(33)34/h4-8,10,12,23,30H,9,11,13-16H2,1-3H3,(H,33,34)/t23-/m0/s1. The molecule has 34 heavy (non-hydrogen) atoms. The monoisotopic (exact) mass is 467 g/mol. The third-order valence-electron chi connectivity index (χ3n) is 7.78. The fourth-order valence-electron chi connectivity index (χ4n) is 6.13. The number of carbonyl (C=O) groups is 1. The van der Waals surface area contributed by atoms with E-state index in [0.717, 1.165) is 29.7 Å². The Labute approximate surface area is 198 Å². The van der Waals surface area contributed by atoms with Crippen molar-refractivity contribution in [3.05, 3.63) is 64.8 Å². The van der Waals surface area contributed by atoms with E-state index < -0.39 is 11.9 Å². The van der Waals surface area contributed by atoms with E-state index in [9.17, 15) is 18.7 Å². The Morgan fingerprint density at radius 3 is 2.53 bits per heavy atom. The molecule has 7 heteroatoms. The van der Waals surface area contributed by atoms with Gasteiger partial charge < -0.3 is 15.0 Å². The minimum Gasteiger partial charge on any atom is -0.478 e. The number of hydrogen-bond donors (Lipinski definition) is 2. The molecule has 0 unspecified atom stereocenters. The summed E-state index contributed by atoms with van der Waals surface area (Å²) < 4.78 is 27.8. The number of likely N-dealkylation sites (tertiary alicyclic amines) is 1. The van der Waals surface area contributed by atoms with Crippen molar-refractivity contribution in [1.29, 1.82) is 0 Å². The van der Waals surface area contributed by atoms with Gasteiger partial charge >= 0.3 is 5.97 Å². The van der Waals surface area contributed by atoms with Crippen LogP contribution < -0.4 is 4.90 Å². The van der Waals surface area contributed by atoms with Gasteiger partial charge in [-0.3, -0.25) is 4.90 Å². The number of anilines is 1. The molecule has 1 aromatic heterocycles. The topological polar surface area (TPSA) is 59.6 Å². The summed E-state index contributed by atoms with van der Waals surface area (Å²) >= 11 is 0. The van der Waals surface area contributed by atoms with Crippen LogP contribution in [0.25, 0.3) is 10.9 Å². The number of aromatic nitrogens is 1. The van der Waals surface area contributed by atoms with E-state index in [1.54, 1.807) is 12.1 Å². The number of aromatic carboxylic acids is 1. The SMILES string of the molecule is Cc1cc(N(C)C)c(CN2CCC3(C[C@H]2c2ccc(C(=O)O)cc2)CC(F)(F)C3)c2cc[nH]c12. The third-order valence-corrected chi connectivity index (χ3v) is 7.78. The molecule has 0 amide bonds. The van der Waals surface area contributed by atoms with Crippen LogP contribution in [0.1, 0.15) is 58.8 Å². The molecule has 1 aliphatic heterocycles. The lowest BCUT2D eigenvalue weighted by Crippen LogP contribution is -2.53. The lowest BCUT2D eigenvalue weighted by atomic mass is 9.59. The van der Waals surface area contributed by atoms with Gasteiger partial charge in [0, 0.05) is 62.3 Å². The van der Waals surface area contributed by atoms with Gasteiger partial charge in [-0.25, -0.2) is 13.6 Å². The molecule has 1 aliphatic carbocycles. The number of benzene rings is 2. The van der Waals surface area contributed by atoms with Crippen LogP contribution in [-0.4, -0.2) is 47.5 Å². The number of nitrogens with one attached hydrogen (secondary N) is 1. The van der Waals surface area contributed by atoms with Gasteiger partial charge in [0.05, 0.1) is 5.56 Å². The van der Waals surface area contributed by atoms with Crippen molar-refractivity contribution < 1.29 is 18.7 Å². The van der Waals surface area contributed by atoms with Crippen LogP contribution in [0.3, 0.4) is 0 Å². The number of alkyl halides is 2. The number of nitrogens with zero attached hydrogens (tertiary/aromatic N) is 2. The van der Waals surface area contributed by atoms with Crippen LogP contribution >= 0.6 is 0 Å². The second-order valence-electron chi connectivity index (χ2n) is 10.4. The van der Waals surface area contributed by atoms with Crippen LogP contribution in [0.5, 0.6) is 0 Å². The van der Waals surface area contributed by atoms with Crippen molar-refractivity contribution in [2.75, 3.05) is 25.5 Å². The molecule has 2 aliphatic rings. The highest BCUT2D eigenvalue weighted by atomic mass is 19.3. The van der Waals surface area contributed by atoms with Gasteiger partial charge in [-0.05, 0) is 72.7 Å². The van der Waals surface area contributed by atoms with Gasteiger partial charge in [0.2, 0.25) is 5.92 Å². The largest absolute Gasteiger partial charge is 0.478 e. The first-order valence-electron chi connectivity index (χ1n) is 11.8. The summed E-state index contributed by atoms with van der Waals surface area (Å²) in [5, 5.41) is 10.5. The Balaban J connectivity index is 1.52. The quantitative estimate of drug-likeness (QED) is 0.484. The fraction of sp³-hybridized carbons (Fsp3) is 0.444. The number of H-pyrrole nitrogens is 1. The molecular weight excluding hydrogens is 436 g/mol. The number of hydrogen-bond acceptors (Lipinski definition) is 3. The molecule has 180 valence electrons. The zero-order valence-electron chi connectivity index (χ0n) is 19.9. The molecule has 0 bridgehead atoms. The molecule has 2 fully saturated rings. The number of aromatic amines is 1. The molecule has 2 heterocycles. The average molecular weight is 468 g/mol. The van der Waals surface area contributed by atoms with Crippen LogP contribution in [0, 0.1) is 12.3 Å². The summed E-state index contributed by atoms with van der Waals surface area (Å²) in [5.41, 5.74) is 5.56. The van der Waals surface area contributed by atoms with Gasteiger partial charge in [-0.15, -0.1) is 0 Å². The second kappa shape index (κ2) is 8.08. The molecule has 1 spiro atoms. The predicted octanol–water partition coefficient (Wildman–Crippen LogP) is 5.99. The van der Waals surface area contributed by atoms with E-state index in [1.807, 2.05) is 32.4 Å². The minimum atomic E-state index is -2.56. The number of piperidine rings is 1. The Bertz CT molecular complexity index is 1220. The molecule has 5 nitrogen and oxygen atoms in total. The number of carboxylic acids is 1. The van der Waals surface area contributed by atoms with Crippen LogP contribution in [0.2, 0.25) is 0 Å². The lowest BCUT2D eigenvalue weighted by molar-refractivity contribution is -0.186. The summed E-state index contributed by atoms with van der Waals surface area (Å²) in [5.74, 6) is -3.53. The van der Waals surface area contributed by atoms with Crippen molar-refractivity contribution in [1.82, 2.24) is 9.88 Å². The maximum Gasteiger partial charge on any atom is 0.335 e. The van der Waals surface area contributed by atoms with E-state index in [1.165, 1.54) is 16.5 Å². The number of halogens is 2. The van der Waals surface area contributed by atoms with Crippen molar-refractivity contribution in [2.24, 2.45) is 5.41 Å². The van der Waals surface area contributed by atoms with Crippen molar-refractivity contribution in [3.63, 3.8) is 0 Å². The van der Waals surface area contributed by atoms with Crippen molar-refractivity contribution in [3.8, 4) is 0 Å². The normalized spacial score (nSPS) is 21.5. The molecule has 0 radical (unpaired) electrons. The van der Waals surface area contributed by atoms with Crippen LogP contribution in [0.15, 0.2) is 42.6 Å². The number of aryl methyl sites for hydroxylation is 1. The first-order chi connectivity index (χ1) is 16.1. The highest BCUT2D eigenvalue weighted by Gasteiger charge is 2.58. The molecular formula is C27H31F2N3O2. The first-order valence-corrected chi connectivity index (χ1v) is 11.8. The number of rotatable bonds is 5. The van der Waals surface area contributed by atoms with Crippen molar-refractivity contribution >= 4 is 22.6 Å². The maximum atomic E-state index is 13.9. The van der Waals surface area contributed by atoms with E-state index >= 15 is 0 Å². The maximum absolute atomic E-state index is 13.9. The Kier molecular flexibility index (Phi) is 5.43. The summed E-state index contributed by atoms with van der Waals surface area (Å²) in [4.78, 5) is 19.2. The molecule has 2 aromatic carbocycles. The zero-order chi connectivity index (χ0) is 24.3. The Morgan fingerprint density at radius 2 is 1.91 bits per heavy atom. The van der Waals surface area contributed by atoms with E-state index in [-0.39, 0.29) is 29.9 Å². The highest BCUT2D eigenvalue weighted by molar-refractivity contribution is 5.91. The predicted molar refractivity (Wildman–Crippen MR) is 130 cm³/mol. The lowest BCUT2D eigenvalue weighted by Gasteiger charge is -2.54. The average Bonchev–Trinajstić information content (AvgIpc) is 3.26. The Hall–Kier alpha value is -2.93. The molecule has 1 atom stereocenters. The summed E-state index contributed by atoms with van der Waals surface area (Å²) in [6.07, 6.45) is 3.28. The smallest absolute Gasteiger partial charge is 0.335 e. The van der Waals surface area contributed by atoms with Crippen LogP contribution in [-0.2, 0) is 6.54 Å². The number of carboxylic acid groups (broad SMARTS) is 1. The molecule has 5 rings (SSSR count). The second-order valence-corrected chi connectivity index (χ2v) is 10.4. The van der Waals surface area contributed by atoms with E-state index in [0.29, 0.717) is 13.0 Å². The molecule has 1 saturated heterocycles. The fourth-order valence-corrected chi connectivity index (χ4v) is 6.13. The highest BCUT2D eigenvalue weighted by Crippen LogP contribution is 2.60. The molecule has 1 saturated carbocycles. The minimum absolute atomic E-state index is 0.0435. The Morgan fingerprint density at radius 1 is 1.21 bits per heavy atom. The zero-order valence-corrected chi connectivity index (χ0v) is 19.9. The molecule has 3 aromatic rings. The summed E-state index contributed by atoms with van der Waals surface area (Å²) in [7, 11) is 4.08.